The Balaban J connectivity index is -0.000000360. The van der Waals surface area contributed by atoms with Crippen LogP contribution in [-0.4, -0.2) is 50.3 Å². The van der Waals surface area contributed by atoms with Crippen LogP contribution in [0.15, 0.2) is 0 Å². The highest BCUT2D eigenvalue weighted by atomic mass is 16.4. The summed E-state index contributed by atoms with van der Waals surface area (Å²) >= 11 is 0. The molecule has 6 nitrogen and oxygen atoms in total. The average Bonchev–Trinajstić information content (AvgIpc) is 2.29. The minimum Gasteiger partial charge on any atom is -0.481 e. The summed E-state index contributed by atoms with van der Waals surface area (Å²) in [6, 6.07) is 0. The number of hydrogen-bond donors (Lipinski definition) is 4. The molecule has 0 spiro atoms. The molecule has 0 radical (unpaired) electrons. The van der Waals surface area contributed by atoms with Crippen LogP contribution in [0.25, 0.3) is 0 Å². The van der Waals surface area contributed by atoms with E-state index in [1.807, 2.05) is 28.2 Å². The van der Waals surface area contributed by atoms with E-state index in [2.05, 4.69) is 10.6 Å². The SMILES string of the molecule is CNC.CNC.O=C(O)CCCCCCCC(=O)O. The van der Waals surface area contributed by atoms with Crippen LogP contribution < -0.4 is 10.6 Å². The van der Waals surface area contributed by atoms with Crippen molar-refractivity contribution in [3.8, 4) is 0 Å². The molecule has 0 aliphatic heterocycles. The van der Waals surface area contributed by atoms with Crippen LogP contribution in [0.3, 0.4) is 0 Å². The maximum Gasteiger partial charge on any atom is 0.303 e. The minimum absolute atomic E-state index is 0.221. The van der Waals surface area contributed by atoms with Crippen molar-refractivity contribution in [2.75, 3.05) is 28.2 Å². The topological polar surface area (TPSA) is 98.7 Å². The molecular weight excluding hydrogens is 248 g/mol. The van der Waals surface area contributed by atoms with Gasteiger partial charge in [0.15, 0.2) is 0 Å². The lowest BCUT2D eigenvalue weighted by Crippen LogP contribution is -1.95. The van der Waals surface area contributed by atoms with Crippen molar-refractivity contribution in [3.63, 3.8) is 0 Å². The van der Waals surface area contributed by atoms with Gasteiger partial charge in [-0.3, -0.25) is 9.59 Å². The molecule has 19 heavy (non-hydrogen) atoms. The first kappa shape index (κ1) is 23.0. The van der Waals surface area contributed by atoms with Crippen molar-refractivity contribution in [2.24, 2.45) is 0 Å². The minimum atomic E-state index is -0.759. The number of carbonyl (C=O) groups is 2. The third-order valence-corrected chi connectivity index (χ3v) is 1.78. The Bertz CT molecular complexity index is 179. The highest BCUT2D eigenvalue weighted by Crippen LogP contribution is 2.06. The maximum atomic E-state index is 10.1. The Morgan fingerprint density at radius 1 is 0.684 bits per heavy atom. The van der Waals surface area contributed by atoms with E-state index in [0.717, 1.165) is 19.3 Å². The molecule has 0 rings (SSSR count). The Kier molecular flexibility index (Phi) is 26.7. The molecule has 116 valence electrons. The predicted molar refractivity (Wildman–Crippen MR) is 77.6 cm³/mol. The molecular formula is C13H30N2O4. The average molecular weight is 278 g/mol. The van der Waals surface area contributed by atoms with Gasteiger partial charge in [-0.1, -0.05) is 19.3 Å². The summed E-state index contributed by atoms with van der Waals surface area (Å²) < 4.78 is 0. The number of carboxylic acids is 2. The molecule has 0 amide bonds. The number of rotatable bonds is 8. The fourth-order valence-electron chi connectivity index (χ4n) is 1.08. The van der Waals surface area contributed by atoms with Crippen LogP contribution in [0.4, 0.5) is 0 Å². The standard InChI is InChI=1S/C9H16O4.2C2H7N/c10-8(11)6-4-2-1-3-5-7-9(12)13;2*1-3-2/h1-7H2,(H,10,11)(H,12,13);2*3H,1-2H3. The highest BCUT2D eigenvalue weighted by Gasteiger charge is 1.98. The van der Waals surface area contributed by atoms with Gasteiger partial charge in [0, 0.05) is 12.8 Å². The molecule has 0 saturated carbocycles. The van der Waals surface area contributed by atoms with Crippen molar-refractivity contribution in [2.45, 2.75) is 44.9 Å². The van der Waals surface area contributed by atoms with Gasteiger partial charge in [0.05, 0.1) is 0 Å². The van der Waals surface area contributed by atoms with E-state index in [-0.39, 0.29) is 12.8 Å². The van der Waals surface area contributed by atoms with Gasteiger partial charge in [-0.15, -0.1) is 0 Å². The molecule has 0 aliphatic carbocycles. The third kappa shape index (κ3) is 47.4. The summed E-state index contributed by atoms with van der Waals surface area (Å²) in [5, 5.41) is 22.1. The van der Waals surface area contributed by atoms with Gasteiger partial charge in [0.25, 0.3) is 0 Å². The Labute approximate surface area is 116 Å². The van der Waals surface area contributed by atoms with Crippen molar-refractivity contribution in [3.05, 3.63) is 0 Å². The molecule has 0 aliphatic rings. The lowest BCUT2D eigenvalue weighted by atomic mass is 10.1. The van der Waals surface area contributed by atoms with Gasteiger partial charge in [0.1, 0.15) is 0 Å². The largest absolute Gasteiger partial charge is 0.481 e. The van der Waals surface area contributed by atoms with Crippen LogP contribution >= 0.6 is 0 Å². The molecule has 0 unspecified atom stereocenters. The first-order chi connectivity index (χ1) is 8.95. The van der Waals surface area contributed by atoms with Crippen LogP contribution in [0.2, 0.25) is 0 Å². The van der Waals surface area contributed by atoms with Gasteiger partial charge in [-0.05, 0) is 41.0 Å². The number of hydrogen-bond acceptors (Lipinski definition) is 4. The molecule has 0 aromatic carbocycles. The van der Waals surface area contributed by atoms with E-state index in [4.69, 9.17) is 10.2 Å². The zero-order valence-corrected chi connectivity index (χ0v) is 12.7. The Morgan fingerprint density at radius 3 is 1.11 bits per heavy atom. The van der Waals surface area contributed by atoms with Crippen LogP contribution in [0.1, 0.15) is 44.9 Å². The number of aliphatic carboxylic acids is 2. The zero-order valence-electron chi connectivity index (χ0n) is 12.7. The van der Waals surface area contributed by atoms with Crippen molar-refractivity contribution in [1.29, 1.82) is 0 Å². The molecule has 0 saturated heterocycles. The second-order valence-electron chi connectivity index (χ2n) is 4.06. The predicted octanol–water partition coefficient (Wildman–Crippen LogP) is 1.56. The lowest BCUT2D eigenvalue weighted by molar-refractivity contribution is -0.138. The lowest BCUT2D eigenvalue weighted by Gasteiger charge is -1.97. The highest BCUT2D eigenvalue weighted by molar-refractivity contribution is 5.66. The van der Waals surface area contributed by atoms with E-state index in [9.17, 15) is 9.59 Å². The van der Waals surface area contributed by atoms with Gasteiger partial charge in [0.2, 0.25) is 0 Å². The molecule has 0 atom stereocenters. The second kappa shape index (κ2) is 22.1. The molecule has 6 heteroatoms. The summed E-state index contributed by atoms with van der Waals surface area (Å²) in [6.45, 7) is 0. The van der Waals surface area contributed by atoms with E-state index < -0.39 is 11.9 Å². The molecule has 0 heterocycles. The second-order valence-corrected chi connectivity index (χ2v) is 4.06. The monoisotopic (exact) mass is 278 g/mol. The van der Waals surface area contributed by atoms with E-state index >= 15 is 0 Å². The van der Waals surface area contributed by atoms with Gasteiger partial charge in [-0.2, -0.15) is 0 Å². The summed E-state index contributed by atoms with van der Waals surface area (Å²) in [5.41, 5.74) is 0. The summed E-state index contributed by atoms with van der Waals surface area (Å²) in [7, 11) is 7.50. The number of carboxylic acid groups (broad SMARTS) is 2. The van der Waals surface area contributed by atoms with E-state index in [1.165, 1.54) is 0 Å². The number of unbranched alkanes of at least 4 members (excludes halogenated alkanes) is 4. The quantitative estimate of drug-likeness (QED) is 0.503. The molecule has 0 fully saturated rings. The molecule has 0 aromatic heterocycles. The van der Waals surface area contributed by atoms with Crippen molar-refractivity contribution >= 4 is 11.9 Å². The van der Waals surface area contributed by atoms with E-state index in [0.29, 0.717) is 12.8 Å². The summed E-state index contributed by atoms with van der Waals surface area (Å²) in [5.74, 6) is -1.52. The molecule has 0 aromatic rings. The fourth-order valence-corrected chi connectivity index (χ4v) is 1.08. The maximum absolute atomic E-state index is 10.1. The first-order valence-electron chi connectivity index (χ1n) is 6.56. The zero-order chi connectivity index (χ0) is 15.5. The van der Waals surface area contributed by atoms with E-state index in [1.54, 1.807) is 0 Å². The molecule has 4 N–H and O–H groups in total. The molecule has 0 bridgehead atoms. The third-order valence-electron chi connectivity index (χ3n) is 1.78. The normalized spacial score (nSPS) is 8.63. The van der Waals surface area contributed by atoms with Gasteiger partial charge < -0.3 is 20.8 Å². The summed E-state index contributed by atoms with van der Waals surface area (Å²) in [6.07, 6.45) is 4.53. The fraction of sp³-hybridized carbons (Fsp3) is 0.846. The van der Waals surface area contributed by atoms with Gasteiger partial charge in [-0.25, -0.2) is 0 Å². The first-order valence-corrected chi connectivity index (χ1v) is 6.56. The Morgan fingerprint density at radius 2 is 0.895 bits per heavy atom. The Hall–Kier alpha value is -1.14. The van der Waals surface area contributed by atoms with Gasteiger partial charge >= 0.3 is 11.9 Å². The van der Waals surface area contributed by atoms with Crippen LogP contribution in [-0.2, 0) is 9.59 Å². The van der Waals surface area contributed by atoms with Crippen molar-refractivity contribution < 1.29 is 19.8 Å². The summed E-state index contributed by atoms with van der Waals surface area (Å²) in [4.78, 5) is 20.2. The van der Waals surface area contributed by atoms with Crippen LogP contribution in [0, 0.1) is 0 Å². The van der Waals surface area contributed by atoms with Crippen LogP contribution in [0.5, 0.6) is 0 Å². The number of nitrogens with one attached hydrogen (secondary N) is 2. The van der Waals surface area contributed by atoms with Crippen molar-refractivity contribution in [1.82, 2.24) is 10.6 Å². The smallest absolute Gasteiger partial charge is 0.303 e.